The number of hydrogen-bond donors (Lipinski definition) is 2. The van der Waals surface area contributed by atoms with Gasteiger partial charge in [0.15, 0.2) is 0 Å². The van der Waals surface area contributed by atoms with Gasteiger partial charge in [0.25, 0.3) is 0 Å². The molecule has 1 aromatic rings. The second-order valence-electron chi connectivity index (χ2n) is 12.8. The third-order valence-electron chi connectivity index (χ3n) is 10.9. The number of phenolic OH excluding ortho intramolecular Hbond substituents is 1. The Labute approximate surface area is 188 Å². The third-order valence-corrected chi connectivity index (χ3v) is 10.9. The van der Waals surface area contributed by atoms with Crippen molar-refractivity contribution in [2.24, 2.45) is 35.0 Å². The van der Waals surface area contributed by atoms with E-state index >= 15 is 0 Å². The number of aliphatic hydroxyl groups excluding tert-OH is 1. The zero-order valence-corrected chi connectivity index (χ0v) is 19.7. The van der Waals surface area contributed by atoms with Gasteiger partial charge < -0.3 is 10.2 Å². The summed E-state index contributed by atoms with van der Waals surface area (Å²) in [6.45, 7) is 4.99. The Morgan fingerprint density at radius 2 is 1.68 bits per heavy atom. The molecule has 0 aromatic heterocycles. The van der Waals surface area contributed by atoms with Crippen molar-refractivity contribution < 1.29 is 10.2 Å². The van der Waals surface area contributed by atoms with Crippen LogP contribution in [0.4, 0.5) is 0 Å². The molecule has 4 bridgehead atoms. The molecular weight excluding hydrogens is 380 g/mol. The quantitative estimate of drug-likeness (QED) is 0.566. The van der Waals surface area contributed by atoms with E-state index in [1.807, 2.05) is 0 Å². The summed E-state index contributed by atoms with van der Waals surface area (Å²) in [5.41, 5.74) is 4.69. The first kappa shape index (κ1) is 20.6. The number of aromatic hydroxyl groups is 1. The van der Waals surface area contributed by atoms with E-state index in [2.05, 4.69) is 26.0 Å². The summed E-state index contributed by atoms with van der Waals surface area (Å²) < 4.78 is 0. The molecule has 0 aliphatic heterocycles. The molecule has 0 spiro atoms. The SMILES string of the molecule is CCCC1C2CCc3cc(O)c(C45CC6CC(CC(C6)C4)C5)cc3C2CCC1(C)CO. The molecule has 7 rings (SSSR count). The van der Waals surface area contributed by atoms with Crippen molar-refractivity contribution in [3.63, 3.8) is 0 Å². The van der Waals surface area contributed by atoms with Crippen LogP contribution in [0.2, 0.25) is 0 Å². The number of aliphatic hydroxyl groups is 1. The highest BCUT2D eigenvalue weighted by atomic mass is 16.3. The molecule has 6 aliphatic rings. The van der Waals surface area contributed by atoms with Crippen LogP contribution in [-0.4, -0.2) is 16.8 Å². The summed E-state index contributed by atoms with van der Waals surface area (Å²) in [6.07, 6.45) is 15.5. The molecule has 31 heavy (non-hydrogen) atoms. The van der Waals surface area contributed by atoms with Crippen molar-refractivity contribution in [1.82, 2.24) is 0 Å². The summed E-state index contributed by atoms with van der Waals surface area (Å²) in [5.74, 6) is 5.29. The van der Waals surface area contributed by atoms with Crippen LogP contribution < -0.4 is 0 Å². The van der Waals surface area contributed by atoms with E-state index in [4.69, 9.17) is 0 Å². The maximum atomic E-state index is 11.2. The monoisotopic (exact) mass is 422 g/mol. The van der Waals surface area contributed by atoms with Crippen LogP contribution in [0, 0.1) is 35.0 Å². The van der Waals surface area contributed by atoms with Gasteiger partial charge in [0.1, 0.15) is 5.75 Å². The molecule has 2 heteroatoms. The summed E-state index contributed by atoms with van der Waals surface area (Å²) in [7, 11) is 0. The lowest BCUT2D eigenvalue weighted by Crippen LogP contribution is -2.48. The highest BCUT2D eigenvalue weighted by Gasteiger charge is 2.53. The molecule has 0 saturated heterocycles. The van der Waals surface area contributed by atoms with E-state index in [0.717, 1.165) is 30.6 Å². The van der Waals surface area contributed by atoms with Crippen LogP contribution in [-0.2, 0) is 11.8 Å². The Morgan fingerprint density at radius 3 is 2.29 bits per heavy atom. The molecule has 5 saturated carbocycles. The number of phenols is 1. The van der Waals surface area contributed by atoms with Gasteiger partial charge in [0.05, 0.1) is 0 Å². The van der Waals surface area contributed by atoms with Crippen LogP contribution in [0.15, 0.2) is 12.1 Å². The number of benzene rings is 1. The molecular formula is C29H42O2. The predicted molar refractivity (Wildman–Crippen MR) is 125 cm³/mol. The minimum Gasteiger partial charge on any atom is -0.508 e. The van der Waals surface area contributed by atoms with Gasteiger partial charge in [-0.15, -0.1) is 0 Å². The molecule has 0 heterocycles. The first-order valence-corrected chi connectivity index (χ1v) is 13.4. The predicted octanol–water partition coefficient (Wildman–Crippen LogP) is 6.71. The van der Waals surface area contributed by atoms with Gasteiger partial charge in [-0.25, -0.2) is 0 Å². The largest absolute Gasteiger partial charge is 0.508 e. The zero-order chi connectivity index (χ0) is 21.4. The van der Waals surface area contributed by atoms with Crippen molar-refractivity contribution in [2.75, 3.05) is 6.61 Å². The Bertz CT molecular complexity index is 821. The highest BCUT2D eigenvalue weighted by molar-refractivity contribution is 5.49. The van der Waals surface area contributed by atoms with E-state index in [9.17, 15) is 10.2 Å². The Morgan fingerprint density at radius 1 is 1.00 bits per heavy atom. The standard InChI is InChI=1S/C29H42O2/c1-3-4-25-23-6-5-21-12-27(31)26(13-24(21)22(23)7-8-28(25,2)17-30)29-14-18-9-19(15-29)11-20(10-18)16-29/h12-13,18-20,22-23,25,30-31H,3-11,14-17H2,1-2H3. The van der Waals surface area contributed by atoms with Crippen molar-refractivity contribution in [1.29, 1.82) is 0 Å². The Balaban J connectivity index is 1.39. The fourth-order valence-corrected chi connectivity index (χ4v) is 9.94. The lowest BCUT2D eigenvalue weighted by atomic mass is 9.47. The van der Waals surface area contributed by atoms with E-state index in [-0.39, 0.29) is 10.8 Å². The summed E-state index contributed by atoms with van der Waals surface area (Å²) in [4.78, 5) is 0. The van der Waals surface area contributed by atoms with Crippen molar-refractivity contribution in [2.45, 2.75) is 102 Å². The fraction of sp³-hybridized carbons (Fsp3) is 0.793. The van der Waals surface area contributed by atoms with E-state index in [1.165, 1.54) is 75.3 Å². The van der Waals surface area contributed by atoms with Gasteiger partial charge in [0, 0.05) is 12.2 Å². The smallest absolute Gasteiger partial charge is 0.119 e. The summed E-state index contributed by atoms with van der Waals surface area (Å²) >= 11 is 0. The van der Waals surface area contributed by atoms with Gasteiger partial charge in [-0.1, -0.05) is 26.3 Å². The van der Waals surface area contributed by atoms with Gasteiger partial charge in [-0.3, -0.25) is 0 Å². The number of aryl methyl sites for hydroxylation is 1. The van der Waals surface area contributed by atoms with E-state index in [0.29, 0.717) is 30.1 Å². The van der Waals surface area contributed by atoms with Crippen LogP contribution >= 0.6 is 0 Å². The average molecular weight is 423 g/mol. The second kappa shape index (κ2) is 7.24. The van der Waals surface area contributed by atoms with Gasteiger partial charge in [-0.2, -0.15) is 0 Å². The molecule has 4 atom stereocenters. The van der Waals surface area contributed by atoms with Crippen molar-refractivity contribution >= 4 is 0 Å². The molecule has 1 aromatic carbocycles. The first-order chi connectivity index (χ1) is 14.9. The molecule has 5 fully saturated rings. The minimum absolute atomic E-state index is 0.0916. The number of fused-ring (bicyclic) bond motifs is 3. The zero-order valence-electron chi connectivity index (χ0n) is 19.7. The number of rotatable bonds is 4. The molecule has 0 radical (unpaired) electrons. The molecule has 170 valence electrons. The average Bonchev–Trinajstić information content (AvgIpc) is 2.74. The van der Waals surface area contributed by atoms with Crippen LogP contribution in [0.3, 0.4) is 0 Å². The summed E-state index contributed by atoms with van der Waals surface area (Å²) in [6, 6.07) is 4.72. The lowest BCUT2D eigenvalue weighted by molar-refractivity contribution is -0.0182. The molecule has 0 amide bonds. The topological polar surface area (TPSA) is 40.5 Å². The normalized spacial score (nSPS) is 45.4. The second-order valence-corrected chi connectivity index (χ2v) is 12.8. The third kappa shape index (κ3) is 3.06. The Kier molecular flexibility index (Phi) is 4.81. The van der Waals surface area contributed by atoms with Crippen molar-refractivity contribution in [3.8, 4) is 5.75 Å². The van der Waals surface area contributed by atoms with E-state index in [1.54, 1.807) is 5.56 Å². The van der Waals surface area contributed by atoms with Crippen LogP contribution in [0.25, 0.3) is 0 Å². The summed E-state index contributed by atoms with van der Waals surface area (Å²) in [5, 5.41) is 21.5. The molecule has 2 N–H and O–H groups in total. The molecule has 6 aliphatic carbocycles. The fourth-order valence-electron chi connectivity index (χ4n) is 9.94. The van der Waals surface area contributed by atoms with Crippen LogP contribution in [0.1, 0.15) is 107 Å². The van der Waals surface area contributed by atoms with Crippen molar-refractivity contribution in [3.05, 3.63) is 28.8 Å². The lowest BCUT2D eigenvalue weighted by Gasteiger charge is -2.57. The van der Waals surface area contributed by atoms with E-state index < -0.39 is 0 Å². The highest BCUT2D eigenvalue weighted by Crippen LogP contribution is 2.63. The maximum absolute atomic E-state index is 11.2. The first-order valence-electron chi connectivity index (χ1n) is 13.4. The number of hydrogen-bond acceptors (Lipinski definition) is 2. The molecule has 4 unspecified atom stereocenters. The minimum atomic E-state index is 0.0916. The van der Waals surface area contributed by atoms with Crippen LogP contribution in [0.5, 0.6) is 5.75 Å². The van der Waals surface area contributed by atoms with Gasteiger partial charge in [-0.05, 0) is 134 Å². The Hall–Kier alpha value is -1.02. The van der Waals surface area contributed by atoms with Gasteiger partial charge >= 0.3 is 0 Å². The van der Waals surface area contributed by atoms with Gasteiger partial charge in [0.2, 0.25) is 0 Å². The maximum Gasteiger partial charge on any atom is 0.119 e. The molecule has 2 nitrogen and oxygen atoms in total.